The molecule has 2 aromatic carbocycles. The molecular formula is C23H17N3O2S. The standard InChI is InChI=1S/C23H17N3O2S/c1-17-20(16-24)21-14-8-9-15-26(21)23(17)22(18-10-4-2-5-11-18)25-29(27,28)19-12-6-3-7-13-19/h2-15H,1H3/b25-22-. The minimum absolute atomic E-state index is 0.118. The fraction of sp³-hybridized carbons (Fsp3) is 0.0435. The van der Waals surface area contributed by atoms with Crippen molar-refractivity contribution in [3.05, 3.63) is 107 Å². The minimum Gasteiger partial charge on any atom is -0.313 e. The lowest BCUT2D eigenvalue weighted by Gasteiger charge is -2.10. The molecule has 0 aliphatic carbocycles. The van der Waals surface area contributed by atoms with Gasteiger partial charge in [-0.25, -0.2) is 0 Å². The van der Waals surface area contributed by atoms with Crippen molar-refractivity contribution in [2.24, 2.45) is 4.40 Å². The van der Waals surface area contributed by atoms with Crippen molar-refractivity contribution in [1.29, 1.82) is 5.26 Å². The maximum absolute atomic E-state index is 13.1. The lowest BCUT2D eigenvalue weighted by Crippen LogP contribution is -2.12. The van der Waals surface area contributed by atoms with Crippen LogP contribution in [0, 0.1) is 18.3 Å². The second kappa shape index (κ2) is 7.38. The Morgan fingerprint density at radius 2 is 1.55 bits per heavy atom. The summed E-state index contributed by atoms with van der Waals surface area (Å²) in [6, 6.07) is 25.0. The zero-order chi connectivity index (χ0) is 20.4. The van der Waals surface area contributed by atoms with Crippen LogP contribution < -0.4 is 0 Å². The first-order valence-electron chi connectivity index (χ1n) is 8.98. The Balaban J connectivity index is 2.07. The van der Waals surface area contributed by atoms with E-state index >= 15 is 0 Å². The van der Waals surface area contributed by atoms with Crippen LogP contribution in [0.25, 0.3) is 5.52 Å². The second-order valence-electron chi connectivity index (χ2n) is 6.51. The normalized spacial score (nSPS) is 12.1. The second-order valence-corrected chi connectivity index (χ2v) is 8.11. The number of sulfonamides is 1. The Morgan fingerprint density at radius 3 is 2.21 bits per heavy atom. The van der Waals surface area contributed by atoms with E-state index in [1.165, 1.54) is 12.1 Å². The highest BCUT2D eigenvalue weighted by Gasteiger charge is 2.23. The average Bonchev–Trinajstić information content (AvgIpc) is 3.04. The smallest absolute Gasteiger partial charge is 0.282 e. The molecular weight excluding hydrogens is 382 g/mol. The van der Waals surface area contributed by atoms with Gasteiger partial charge in [-0.2, -0.15) is 18.1 Å². The molecule has 29 heavy (non-hydrogen) atoms. The van der Waals surface area contributed by atoms with Gasteiger partial charge in [0.15, 0.2) is 0 Å². The van der Waals surface area contributed by atoms with Gasteiger partial charge in [-0.1, -0.05) is 54.6 Å². The molecule has 0 aliphatic heterocycles. The molecule has 0 saturated carbocycles. The molecule has 0 unspecified atom stereocenters. The summed E-state index contributed by atoms with van der Waals surface area (Å²) in [4.78, 5) is 0.118. The van der Waals surface area contributed by atoms with Crippen molar-refractivity contribution in [1.82, 2.24) is 4.40 Å². The molecule has 6 heteroatoms. The molecule has 0 radical (unpaired) electrons. The predicted octanol–water partition coefficient (Wildman–Crippen LogP) is 4.35. The summed E-state index contributed by atoms with van der Waals surface area (Å²) in [6.45, 7) is 1.81. The number of hydrogen-bond donors (Lipinski definition) is 0. The molecule has 4 rings (SSSR count). The SMILES string of the molecule is Cc1c(C#N)c2ccccn2c1/C(=N\S(=O)(=O)c1ccccc1)c1ccccc1. The van der Waals surface area contributed by atoms with Gasteiger partial charge in [0.2, 0.25) is 0 Å². The van der Waals surface area contributed by atoms with Crippen LogP contribution in [0.15, 0.2) is 94.4 Å². The highest BCUT2D eigenvalue weighted by Crippen LogP contribution is 2.26. The third kappa shape index (κ3) is 3.33. The number of benzene rings is 2. The van der Waals surface area contributed by atoms with Crippen LogP contribution in [0.3, 0.4) is 0 Å². The number of aromatic nitrogens is 1. The van der Waals surface area contributed by atoms with E-state index < -0.39 is 10.0 Å². The Labute approximate surface area is 169 Å². The molecule has 0 bridgehead atoms. The van der Waals surface area contributed by atoms with Gasteiger partial charge >= 0.3 is 0 Å². The van der Waals surface area contributed by atoms with Crippen molar-refractivity contribution in [2.45, 2.75) is 11.8 Å². The van der Waals surface area contributed by atoms with Crippen molar-refractivity contribution >= 4 is 21.3 Å². The monoisotopic (exact) mass is 399 g/mol. The number of pyridine rings is 1. The van der Waals surface area contributed by atoms with Gasteiger partial charge < -0.3 is 4.40 Å². The van der Waals surface area contributed by atoms with Crippen LogP contribution in [0.2, 0.25) is 0 Å². The van der Waals surface area contributed by atoms with E-state index in [2.05, 4.69) is 10.5 Å². The molecule has 5 nitrogen and oxygen atoms in total. The number of hydrogen-bond acceptors (Lipinski definition) is 3. The molecule has 0 saturated heterocycles. The zero-order valence-electron chi connectivity index (χ0n) is 15.6. The molecule has 0 atom stereocenters. The van der Waals surface area contributed by atoms with E-state index in [1.54, 1.807) is 18.2 Å². The zero-order valence-corrected chi connectivity index (χ0v) is 16.5. The van der Waals surface area contributed by atoms with E-state index in [-0.39, 0.29) is 4.90 Å². The predicted molar refractivity (Wildman–Crippen MR) is 113 cm³/mol. The maximum Gasteiger partial charge on any atom is 0.282 e. The van der Waals surface area contributed by atoms with Gasteiger partial charge in [-0.3, -0.25) is 0 Å². The number of nitrogens with zero attached hydrogens (tertiary/aromatic N) is 3. The highest BCUT2D eigenvalue weighted by molar-refractivity contribution is 7.90. The molecule has 0 N–H and O–H groups in total. The quantitative estimate of drug-likeness (QED) is 0.479. The first kappa shape index (κ1) is 18.7. The summed E-state index contributed by atoms with van der Waals surface area (Å²) in [5.41, 5.74) is 3.44. The van der Waals surface area contributed by atoms with Gasteiger partial charge in [0.1, 0.15) is 11.8 Å². The van der Waals surface area contributed by atoms with Crippen molar-refractivity contribution in [2.75, 3.05) is 0 Å². The molecule has 142 valence electrons. The Bertz CT molecular complexity index is 1360. The minimum atomic E-state index is -3.95. The van der Waals surface area contributed by atoms with Crippen LogP contribution in [-0.2, 0) is 10.0 Å². The number of rotatable bonds is 4. The van der Waals surface area contributed by atoms with Crippen LogP contribution in [-0.4, -0.2) is 18.5 Å². The third-order valence-corrected chi connectivity index (χ3v) is 6.01. The van der Waals surface area contributed by atoms with Gasteiger partial charge in [0, 0.05) is 11.8 Å². The fourth-order valence-corrected chi connectivity index (χ4v) is 4.40. The third-order valence-electron chi connectivity index (χ3n) is 4.72. The molecule has 0 fully saturated rings. The van der Waals surface area contributed by atoms with Crippen LogP contribution in [0.5, 0.6) is 0 Å². The highest BCUT2D eigenvalue weighted by atomic mass is 32.2. The van der Waals surface area contributed by atoms with Crippen molar-refractivity contribution in [3.63, 3.8) is 0 Å². The molecule has 0 spiro atoms. The van der Waals surface area contributed by atoms with Crippen molar-refractivity contribution < 1.29 is 8.42 Å². The van der Waals surface area contributed by atoms with E-state index in [4.69, 9.17) is 0 Å². The first-order valence-corrected chi connectivity index (χ1v) is 10.4. The topological polar surface area (TPSA) is 74.7 Å². The van der Waals surface area contributed by atoms with E-state index in [0.717, 1.165) is 0 Å². The summed E-state index contributed by atoms with van der Waals surface area (Å²) in [5.74, 6) is 0. The first-order chi connectivity index (χ1) is 14.0. The van der Waals surface area contributed by atoms with Crippen LogP contribution in [0.1, 0.15) is 22.4 Å². The Hall–Kier alpha value is -3.69. The molecule has 2 heterocycles. The van der Waals surface area contributed by atoms with Gasteiger partial charge in [0.05, 0.1) is 21.7 Å². The molecule has 2 aromatic heterocycles. The Kier molecular flexibility index (Phi) is 4.75. The van der Waals surface area contributed by atoms with E-state index in [1.807, 2.05) is 66.1 Å². The van der Waals surface area contributed by atoms with E-state index in [0.29, 0.717) is 33.6 Å². The van der Waals surface area contributed by atoms with Crippen LogP contribution >= 0.6 is 0 Å². The van der Waals surface area contributed by atoms with E-state index in [9.17, 15) is 13.7 Å². The summed E-state index contributed by atoms with van der Waals surface area (Å²) < 4.78 is 32.2. The lowest BCUT2D eigenvalue weighted by atomic mass is 10.0. The lowest BCUT2D eigenvalue weighted by molar-refractivity contribution is 0.598. The summed E-state index contributed by atoms with van der Waals surface area (Å²) in [6.07, 6.45) is 1.81. The Morgan fingerprint density at radius 1 is 0.931 bits per heavy atom. The summed E-state index contributed by atoms with van der Waals surface area (Å²) in [5, 5.41) is 9.67. The largest absolute Gasteiger partial charge is 0.313 e. The number of nitriles is 1. The van der Waals surface area contributed by atoms with Crippen LogP contribution in [0.4, 0.5) is 0 Å². The molecule has 4 aromatic rings. The average molecular weight is 399 g/mol. The maximum atomic E-state index is 13.1. The summed E-state index contributed by atoms with van der Waals surface area (Å²) in [7, 11) is -3.95. The number of fused-ring (bicyclic) bond motifs is 1. The van der Waals surface area contributed by atoms with Gasteiger partial charge in [0.25, 0.3) is 10.0 Å². The van der Waals surface area contributed by atoms with Gasteiger partial charge in [-0.15, -0.1) is 0 Å². The van der Waals surface area contributed by atoms with Crippen molar-refractivity contribution in [3.8, 4) is 6.07 Å². The fourth-order valence-electron chi connectivity index (χ4n) is 3.36. The van der Waals surface area contributed by atoms with Gasteiger partial charge in [-0.05, 0) is 36.8 Å². The molecule has 0 amide bonds. The summed E-state index contributed by atoms with van der Waals surface area (Å²) >= 11 is 0. The molecule has 0 aliphatic rings.